The van der Waals surface area contributed by atoms with Gasteiger partial charge in [-0.15, -0.1) is 10.2 Å². The van der Waals surface area contributed by atoms with Crippen LogP contribution in [0.5, 0.6) is 11.5 Å². The van der Waals surface area contributed by atoms with Crippen LogP contribution in [-0.4, -0.2) is 33.5 Å². The number of hydrogen-bond donors (Lipinski definition) is 1. The molecule has 1 unspecified atom stereocenters. The quantitative estimate of drug-likeness (QED) is 0.375. The van der Waals surface area contributed by atoms with Crippen LogP contribution in [0.25, 0.3) is 0 Å². The van der Waals surface area contributed by atoms with E-state index in [9.17, 15) is 4.79 Å². The number of carbonyl (C=O) groups is 1. The van der Waals surface area contributed by atoms with E-state index in [-0.39, 0.29) is 23.8 Å². The lowest BCUT2D eigenvalue weighted by atomic mass is 10.0. The van der Waals surface area contributed by atoms with Crippen LogP contribution in [0, 0.1) is 0 Å². The maximum Gasteiger partial charge on any atom is 0.234 e. The van der Waals surface area contributed by atoms with E-state index in [2.05, 4.69) is 43.2 Å². The molecule has 7 nitrogen and oxygen atoms in total. The highest BCUT2D eigenvalue weighted by molar-refractivity contribution is 7.99. The first-order valence-electron chi connectivity index (χ1n) is 11.1. The fourth-order valence-corrected chi connectivity index (χ4v) is 4.26. The van der Waals surface area contributed by atoms with Gasteiger partial charge >= 0.3 is 0 Å². The molecule has 1 aromatic heterocycles. The van der Waals surface area contributed by atoms with Crippen molar-refractivity contribution < 1.29 is 14.3 Å². The Balaban J connectivity index is 1.67. The average Bonchev–Trinajstić information content (AvgIpc) is 3.23. The van der Waals surface area contributed by atoms with Crippen LogP contribution < -0.4 is 14.8 Å². The van der Waals surface area contributed by atoms with Gasteiger partial charge in [0.15, 0.2) is 28.6 Å². The first-order chi connectivity index (χ1) is 15.8. The molecule has 1 amide bonds. The van der Waals surface area contributed by atoms with Crippen LogP contribution in [0.15, 0.2) is 53.7 Å². The lowest BCUT2D eigenvalue weighted by Crippen LogP contribution is -2.16. The summed E-state index contributed by atoms with van der Waals surface area (Å²) in [6.07, 6.45) is -0.348. The van der Waals surface area contributed by atoms with Crippen molar-refractivity contribution in [2.24, 2.45) is 0 Å². The highest BCUT2D eigenvalue weighted by atomic mass is 32.2. The summed E-state index contributed by atoms with van der Waals surface area (Å²) >= 11 is 1.36. The number of nitrogens with one attached hydrogen (secondary N) is 1. The summed E-state index contributed by atoms with van der Waals surface area (Å²) in [6.45, 7) is 10.3. The number of rotatable bonds is 10. The standard InChI is InChI=1S/C25H32N4O3S/c1-16(2)19-11-13-20(14-12-19)26-23(30)15-33-25-28-27-24(29(25)17(3)4)18(5)32-22-10-8-7-9-21(22)31-6/h7-14,16-18H,15H2,1-6H3,(H,26,30). The molecule has 0 saturated heterocycles. The minimum atomic E-state index is -0.348. The predicted molar refractivity (Wildman–Crippen MR) is 132 cm³/mol. The summed E-state index contributed by atoms with van der Waals surface area (Å²) in [7, 11) is 1.61. The van der Waals surface area contributed by atoms with Crippen LogP contribution in [0.2, 0.25) is 0 Å². The number of nitrogens with zero attached hydrogens (tertiary/aromatic N) is 3. The Labute approximate surface area is 199 Å². The van der Waals surface area contributed by atoms with Crippen molar-refractivity contribution in [1.29, 1.82) is 0 Å². The zero-order chi connectivity index (χ0) is 24.0. The van der Waals surface area contributed by atoms with Crippen molar-refractivity contribution in [3.05, 3.63) is 59.9 Å². The molecule has 1 atom stereocenters. The fourth-order valence-electron chi connectivity index (χ4n) is 3.39. The van der Waals surface area contributed by atoms with Gasteiger partial charge in [-0.1, -0.05) is 49.9 Å². The molecule has 1 N–H and O–H groups in total. The van der Waals surface area contributed by atoms with Crippen molar-refractivity contribution in [3.63, 3.8) is 0 Å². The molecule has 0 aliphatic carbocycles. The Morgan fingerprint density at radius 1 is 1.00 bits per heavy atom. The number of para-hydroxylation sites is 2. The van der Waals surface area contributed by atoms with Gasteiger partial charge in [0.1, 0.15) is 0 Å². The van der Waals surface area contributed by atoms with Crippen LogP contribution in [0.3, 0.4) is 0 Å². The molecule has 0 radical (unpaired) electrons. The van der Waals surface area contributed by atoms with Gasteiger partial charge in [0.05, 0.1) is 12.9 Å². The van der Waals surface area contributed by atoms with E-state index in [1.54, 1.807) is 7.11 Å². The monoisotopic (exact) mass is 468 g/mol. The minimum Gasteiger partial charge on any atom is -0.493 e. The molecular weight excluding hydrogens is 436 g/mol. The molecule has 33 heavy (non-hydrogen) atoms. The van der Waals surface area contributed by atoms with Crippen molar-refractivity contribution in [2.45, 2.75) is 57.8 Å². The van der Waals surface area contributed by atoms with Crippen molar-refractivity contribution in [1.82, 2.24) is 14.8 Å². The second kappa shape index (κ2) is 11.2. The normalized spacial score (nSPS) is 12.1. The lowest BCUT2D eigenvalue weighted by molar-refractivity contribution is -0.113. The molecule has 176 valence electrons. The summed E-state index contributed by atoms with van der Waals surface area (Å²) in [5.41, 5.74) is 2.03. The molecule has 0 aliphatic rings. The molecule has 0 spiro atoms. The zero-order valence-corrected chi connectivity index (χ0v) is 20.8. The van der Waals surface area contributed by atoms with Gasteiger partial charge in [0, 0.05) is 11.7 Å². The number of methoxy groups -OCH3 is 1. The summed E-state index contributed by atoms with van der Waals surface area (Å²) in [6, 6.07) is 15.6. The molecule has 3 rings (SSSR count). The van der Waals surface area contributed by atoms with E-state index in [1.165, 1.54) is 17.3 Å². The number of carbonyl (C=O) groups excluding carboxylic acids is 1. The lowest BCUT2D eigenvalue weighted by Gasteiger charge is -2.19. The number of anilines is 1. The molecule has 1 heterocycles. The van der Waals surface area contributed by atoms with E-state index in [0.717, 1.165) is 5.69 Å². The zero-order valence-electron chi connectivity index (χ0n) is 20.0. The Bertz CT molecular complexity index is 1060. The molecule has 0 aliphatic heterocycles. The summed E-state index contributed by atoms with van der Waals surface area (Å²) in [4.78, 5) is 12.5. The highest BCUT2D eigenvalue weighted by Gasteiger charge is 2.23. The minimum absolute atomic E-state index is 0.0875. The Hall–Kier alpha value is -3.00. The summed E-state index contributed by atoms with van der Waals surface area (Å²) in [5, 5.41) is 12.3. The number of benzene rings is 2. The van der Waals surface area contributed by atoms with Crippen LogP contribution in [-0.2, 0) is 4.79 Å². The van der Waals surface area contributed by atoms with E-state index in [4.69, 9.17) is 9.47 Å². The van der Waals surface area contributed by atoms with Gasteiger partial charge in [-0.2, -0.15) is 0 Å². The number of hydrogen-bond acceptors (Lipinski definition) is 6. The van der Waals surface area contributed by atoms with Gasteiger partial charge in [-0.25, -0.2) is 0 Å². The van der Waals surface area contributed by atoms with Crippen molar-refractivity contribution in [2.75, 3.05) is 18.2 Å². The van der Waals surface area contributed by atoms with Gasteiger partial charge in [-0.05, 0) is 56.5 Å². The maximum atomic E-state index is 12.5. The Morgan fingerprint density at radius 3 is 2.27 bits per heavy atom. The maximum absolute atomic E-state index is 12.5. The third-order valence-corrected chi connectivity index (χ3v) is 6.08. The van der Waals surface area contributed by atoms with Gasteiger partial charge in [0.25, 0.3) is 0 Å². The first-order valence-corrected chi connectivity index (χ1v) is 12.1. The van der Waals surface area contributed by atoms with E-state index >= 15 is 0 Å². The third-order valence-electron chi connectivity index (χ3n) is 5.14. The Kier molecular flexibility index (Phi) is 8.38. The number of aromatic nitrogens is 3. The van der Waals surface area contributed by atoms with Gasteiger partial charge < -0.3 is 19.4 Å². The average molecular weight is 469 g/mol. The summed E-state index contributed by atoms with van der Waals surface area (Å²) < 4.78 is 13.5. The van der Waals surface area contributed by atoms with Crippen LogP contribution in [0.4, 0.5) is 5.69 Å². The van der Waals surface area contributed by atoms with Crippen LogP contribution in [0.1, 0.15) is 64.1 Å². The van der Waals surface area contributed by atoms with Crippen molar-refractivity contribution in [3.8, 4) is 11.5 Å². The third kappa shape index (κ3) is 6.28. The predicted octanol–water partition coefficient (Wildman–Crippen LogP) is 5.86. The van der Waals surface area contributed by atoms with Crippen molar-refractivity contribution >= 4 is 23.4 Å². The second-order valence-electron chi connectivity index (χ2n) is 8.33. The second-order valence-corrected chi connectivity index (χ2v) is 9.27. The van der Waals surface area contributed by atoms with Gasteiger partial charge in [0.2, 0.25) is 5.91 Å². The summed E-state index contributed by atoms with van der Waals surface area (Å²) in [5.74, 6) is 2.60. The highest BCUT2D eigenvalue weighted by Crippen LogP contribution is 2.32. The van der Waals surface area contributed by atoms with Gasteiger partial charge in [-0.3, -0.25) is 4.79 Å². The molecule has 0 bridgehead atoms. The van der Waals surface area contributed by atoms with E-state index in [0.29, 0.717) is 28.4 Å². The number of ether oxygens (including phenoxy) is 2. The van der Waals surface area contributed by atoms with E-state index < -0.39 is 0 Å². The van der Waals surface area contributed by atoms with E-state index in [1.807, 2.05) is 60.0 Å². The molecule has 0 saturated carbocycles. The number of amides is 1. The number of thioether (sulfide) groups is 1. The SMILES string of the molecule is COc1ccccc1OC(C)c1nnc(SCC(=O)Nc2ccc(C(C)C)cc2)n1C(C)C. The van der Waals surface area contributed by atoms with Crippen LogP contribution >= 0.6 is 11.8 Å². The Morgan fingerprint density at radius 2 is 1.67 bits per heavy atom. The first kappa shape index (κ1) is 24.6. The molecular formula is C25H32N4O3S. The fraction of sp³-hybridized carbons (Fsp3) is 0.400. The molecule has 3 aromatic rings. The molecule has 8 heteroatoms. The smallest absolute Gasteiger partial charge is 0.234 e. The molecule has 0 fully saturated rings. The molecule has 2 aromatic carbocycles. The largest absolute Gasteiger partial charge is 0.493 e. The topological polar surface area (TPSA) is 78.3 Å².